The quantitative estimate of drug-likeness (QED) is 0.469. The summed E-state index contributed by atoms with van der Waals surface area (Å²) in [6, 6.07) is 11.9. The number of aryl methyl sites for hydroxylation is 1. The minimum atomic E-state index is -1.25. The van der Waals surface area contributed by atoms with Gasteiger partial charge in [-0.3, -0.25) is 0 Å². The lowest BCUT2D eigenvalue weighted by molar-refractivity contribution is -0.154. The highest BCUT2D eigenvalue weighted by atomic mass is 32.2. The van der Waals surface area contributed by atoms with Crippen LogP contribution in [0.4, 0.5) is 4.39 Å². The predicted octanol–water partition coefficient (Wildman–Crippen LogP) is 5.58. The fourth-order valence-electron chi connectivity index (χ4n) is 2.50. The number of carbonyl (C=O) groups is 1. The minimum Gasteiger partial charge on any atom is -0.478 e. The normalized spacial score (nSPS) is 13.1. The van der Waals surface area contributed by atoms with Crippen molar-refractivity contribution in [1.82, 2.24) is 10.2 Å². The van der Waals surface area contributed by atoms with E-state index < -0.39 is 11.6 Å². The SMILES string of the molecule is CCC(C)(Oc1ccc(SCc2nnc(-c3ccc(F)cc3)s2)cc1C)C(=O)O. The Kier molecular flexibility index (Phi) is 6.54. The average Bonchev–Trinajstić information content (AvgIpc) is 3.17. The van der Waals surface area contributed by atoms with Gasteiger partial charge in [-0.25, -0.2) is 9.18 Å². The maximum atomic E-state index is 13.1. The molecule has 1 heterocycles. The van der Waals surface area contributed by atoms with E-state index in [-0.39, 0.29) is 5.82 Å². The number of thioether (sulfide) groups is 1. The molecule has 1 N–H and O–H groups in total. The Hall–Kier alpha value is -2.45. The van der Waals surface area contributed by atoms with Gasteiger partial charge in [-0.05, 0) is 68.3 Å². The van der Waals surface area contributed by atoms with Crippen LogP contribution in [-0.4, -0.2) is 26.9 Å². The molecular weight excluding hydrogens is 411 g/mol. The summed E-state index contributed by atoms with van der Waals surface area (Å²) in [5.41, 5.74) is 0.470. The highest BCUT2D eigenvalue weighted by molar-refractivity contribution is 7.98. The van der Waals surface area contributed by atoms with Gasteiger partial charge in [0.1, 0.15) is 21.6 Å². The van der Waals surface area contributed by atoms with Crippen LogP contribution < -0.4 is 4.74 Å². The molecule has 1 atom stereocenters. The third-order valence-electron chi connectivity index (χ3n) is 4.53. The molecule has 152 valence electrons. The summed E-state index contributed by atoms with van der Waals surface area (Å²) in [5.74, 6) is -0.0403. The van der Waals surface area contributed by atoms with Gasteiger partial charge in [0.15, 0.2) is 0 Å². The fourth-order valence-corrected chi connectivity index (χ4v) is 4.33. The van der Waals surface area contributed by atoms with Crippen molar-refractivity contribution >= 4 is 29.1 Å². The first-order valence-electron chi connectivity index (χ1n) is 9.05. The van der Waals surface area contributed by atoms with Crippen LogP contribution in [-0.2, 0) is 10.5 Å². The molecular formula is C21H21FN2O3S2. The number of nitrogens with zero attached hydrogens (tertiary/aromatic N) is 2. The zero-order valence-electron chi connectivity index (χ0n) is 16.3. The van der Waals surface area contributed by atoms with Crippen LogP contribution in [0, 0.1) is 12.7 Å². The maximum absolute atomic E-state index is 13.1. The molecule has 2 aromatic carbocycles. The molecule has 0 fully saturated rings. The second kappa shape index (κ2) is 8.92. The molecule has 0 bridgehead atoms. The number of benzene rings is 2. The van der Waals surface area contributed by atoms with E-state index in [9.17, 15) is 14.3 Å². The zero-order chi connectivity index (χ0) is 21.0. The molecule has 0 aliphatic rings. The number of hydrogen-bond acceptors (Lipinski definition) is 6. The van der Waals surface area contributed by atoms with Crippen molar-refractivity contribution in [2.24, 2.45) is 0 Å². The van der Waals surface area contributed by atoms with Gasteiger partial charge in [-0.2, -0.15) is 0 Å². The molecule has 5 nitrogen and oxygen atoms in total. The van der Waals surface area contributed by atoms with Crippen molar-refractivity contribution < 1.29 is 19.0 Å². The van der Waals surface area contributed by atoms with E-state index in [1.54, 1.807) is 43.8 Å². The molecule has 1 unspecified atom stereocenters. The van der Waals surface area contributed by atoms with E-state index in [0.29, 0.717) is 17.9 Å². The third kappa shape index (κ3) is 5.13. The molecule has 0 spiro atoms. The molecule has 0 saturated carbocycles. The Labute approximate surface area is 177 Å². The standard InChI is InChI=1S/C21H21FN2O3S2/c1-4-21(3,20(25)26)27-17-10-9-16(11-13(17)2)28-12-18-23-24-19(29-18)14-5-7-15(22)8-6-14/h5-11H,4,12H2,1-3H3,(H,25,26). The van der Waals surface area contributed by atoms with E-state index in [1.165, 1.54) is 23.5 Å². The second-order valence-electron chi connectivity index (χ2n) is 6.72. The highest BCUT2D eigenvalue weighted by Gasteiger charge is 2.33. The molecule has 29 heavy (non-hydrogen) atoms. The number of rotatable bonds is 8. The molecule has 0 radical (unpaired) electrons. The monoisotopic (exact) mass is 432 g/mol. The molecule has 8 heteroatoms. The van der Waals surface area contributed by atoms with E-state index in [0.717, 1.165) is 26.0 Å². The van der Waals surface area contributed by atoms with Gasteiger partial charge in [0.05, 0.1) is 5.75 Å². The number of carboxylic acid groups (broad SMARTS) is 1. The van der Waals surface area contributed by atoms with Crippen LogP contribution in [0.15, 0.2) is 47.4 Å². The third-order valence-corrected chi connectivity index (χ3v) is 6.69. The average molecular weight is 433 g/mol. The van der Waals surface area contributed by atoms with Crippen LogP contribution in [0.5, 0.6) is 5.75 Å². The number of ether oxygens (including phenoxy) is 1. The topological polar surface area (TPSA) is 72.3 Å². The van der Waals surface area contributed by atoms with E-state index >= 15 is 0 Å². The fraction of sp³-hybridized carbons (Fsp3) is 0.286. The van der Waals surface area contributed by atoms with Gasteiger partial charge in [0.2, 0.25) is 5.60 Å². The lowest BCUT2D eigenvalue weighted by Gasteiger charge is -2.26. The number of carboxylic acids is 1. The highest BCUT2D eigenvalue weighted by Crippen LogP contribution is 2.32. The molecule has 3 rings (SSSR count). The van der Waals surface area contributed by atoms with Crippen molar-refractivity contribution in [2.45, 2.75) is 43.4 Å². The molecule has 3 aromatic rings. The molecule has 0 amide bonds. The van der Waals surface area contributed by atoms with E-state index in [1.807, 2.05) is 19.1 Å². The first kappa shape index (κ1) is 21.3. The first-order chi connectivity index (χ1) is 13.8. The number of halogens is 1. The number of aromatic nitrogens is 2. The van der Waals surface area contributed by atoms with Crippen LogP contribution in [0.3, 0.4) is 0 Å². The van der Waals surface area contributed by atoms with Crippen molar-refractivity contribution in [3.05, 3.63) is 58.9 Å². The van der Waals surface area contributed by atoms with Crippen LogP contribution in [0.25, 0.3) is 10.6 Å². The Morgan fingerprint density at radius 3 is 2.59 bits per heavy atom. The van der Waals surface area contributed by atoms with Crippen molar-refractivity contribution in [2.75, 3.05) is 0 Å². The summed E-state index contributed by atoms with van der Waals surface area (Å²) < 4.78 is 18.8. The Morgan fingerprint density at radius 1 is 1.24 bits per heavy atom. The first-order valence-corrected chi connectivity index (χ1v) is 10.8. The Bertz CT molecular complexity index is 1010. The predicted molar refractivity (Wildman–Crippen MR) is 113 cm³/mol. The number of aliphatic carboxylic acids is 1. The van der Waals surface area contributed by atoms with Gasteiger partial charge < -0.3 is 9.84 Å². The van der Waals surface area contributed by atoms with E-state index in [4.69, 9.17) is 4.74 Å². The van der Waals surface area contributed by atoms with Gasteiger partial charge >= 0.3 is 5.97 Å². The summed E-state index contributed by atoms with van der Waals surface area (Å²) in [6.45, 7) is 5.26. The van der Waals surface area contributed by atoms with Gasteiger partial charge in [0, 0.05) is 10.5 Å². The molecule has 0 saturated heterocycles. The number of hydrogen-bond donors (Lipinski definition) is 1. The summed E-state index contributed by atoms with van der Waals surface area (Å²) in [5, 5.41) is 19.4. The summed E-state index contributed by atoms with van der Waals surface area (Å²) in [4.78, 5) is 12.5. The van der Waals surface area contributed by atoms with Gasteiger partial charge in [0.25, 0.3) is 0 Å². The second-order valence-corrected chi connectivity index (χ2v) is 8.83. The lowest BCUT2D eigenvalue weighted by atomic mass is 10.0. The lowest BCUT2D eigenvalue weighted by Crippen LogP contribution is -2.40. The largest absolute Gasteiger partial charge is 0.478 e. The Morgan fingerprint density at radius 2 is 1.97 bits per heavy atom. The van der Waals surface area contributed by atoms with Crippen molar-refractivity contribution in [3.63, 3.8) is 0 Å². The Balaban J connectivity index is 1.65. The molecule has 1 aromatic heterocycles. The van der Waals surface area contributed by atoms with Crippen LogP contribution in [0.1, 0.15) is 30.8 Å². The summed E-state index contributed by atoms with van der Waals surface area (Å²) in [7, 11) is 0. The van der Waals surface area contributed by atoms with Gasteiger partial charge in [-0.1, -0.05) is 18.3 Å². The van der Waals surface area contributed by atoms with Crippen LogP contribution in [0.2, 0.25) is 0 Å². The maximum Gasteiger partial charge on any atom is 0.347 e. The summed E-state index contributed by atoms with van der Waals surface area (Å²) in [6.07, 6.45) is 0.367. The van der Waals surface area contributed by atoms with E-state index in [2.05, 4.69) is 10.2 Å². The minimum absolute atomic E-state index is 0.278. The van der Waals surface area contributed by atoms with Crippen LogP contribution >= 0.6 is 23.1 Å². The molecule has 0 aliphatic carbocycles. The van der Waals surface area contributed by atoms with Crippen molar-refractivity contribution in [1.29, 1.82) is 0 Å². The molecule has 0 aliphatic heterocycles. The van der Waals surface area contributed by atoms with Gasteiger partial charge in [-0.15, -0.1) is 22.0 Å². The zero-order valence-corrected chi connectivity index (χ0v) is 17.9. The smallest absolute Gasteiger partial charge is 0.347 e. The van der Waals surface area contributed by atoms with Crippen molar-refractivity contribution in [3.8, 4) is 16.3 Å². The summed E-state index contributed by atoms with van der Waals surface area (Å²) >= 11 is 3.09.